The van der Waals surface area contributed by atoms with Crippen molar-refractivity contribution in [1.82, 2.24) is 34.4 Å². The highest BCUT2D eigenvalue weighted by Gasteiger charge is 2.31. The van der Waals surface area contributed by atoms with Gasteiger partial charge in [0.1, 0.15) is 5.82 Å². The van der Waals surface area contributed by atoms with Gasteiger partial charge in [-0.1, -0.05) is 0 Å². The first-order valence-electron chi connectivity index (χ1n) is 11.3. The first-order valence-corrected chi connectivity index (χ1v) is 11.3. The van der Waals surface area contributed by atoms with Crippen LogP contribution in [0.5, 0.6) is 0 Å². The second kappa shape index (κ2) is 7.83. The largest absolute Gasteiger partial charge is 0.416 e. The number of nitrogens with one attached hydrogen (secondary N) is 2. The molecule has 1 aromatic carbocycles. The van der Waals surface area contributed by atoms with Crippen LogP contribution in [0, 0.1) is 0 Å². The number of imidazole rings is 1. The van der Waals surface area contributed by atoms with E-state index in [1.807, 2.05) is 6.20 Å². The van der Waals surface area contributed by atoms with E-state index in [1.165, 1.54) is 6.07 Å². The fourth-order valence-corrected chi connectivity index (χ4v) is 4.31. The summed E-state index contributed by atoms with van der Waals surface area (Å²) >= 11 is 0. The van der Waals surface area contributed by atoms with Gasteiger partial charge in [0.25, 0.3) is 0 Å². The molecule has 3 aromatic heterocycles. The second-order valence-electron chi connectivity index (χ2n) is 9.01. The van der Waals surface area contributed by atoms with E-state index in [9.17, 15) is 13.2 Å². The molecule has 1 saturated carbocycles. The Morgan fingerprint density at radius 2 is 1.88 bits per heavy atom. The molecule has 0 unspecified atom stereocenters. The lowest BCUT2D eigenvalue weighted by Gasteiger charge is -2.32. The lowest BCUT2D eigenvalue weighted by molar-refractivity contribution is -0.137. The number of likely N-dealkylation sites (N-methyl/N-ethyl adjacent to an activating group) is 1. The number of nitrogens with zero attached hydrogens (tertiary/aromatic N) is 7. The summed E-state index contributed by atoms with van der Waals surface area (Å²) < 4.78 is 40.8. The number of aromatic nitrogens is 6. The van der Waals surface area contributed by atoms with Gasteiger partial charge in [-0.2, -0.15) is 32.8 Å². The van der Waals surface area contributed by atoms with Gasteiger partial charge in [0.05, 0.1) is 29.3 Å². The van der Waals surface area contributed by atoms with E-state index in [2.05, 4.69) is 37.2 Å². The van der Waals surface area contributed by atoms with Crippen molar-refractivity contribution in [3.63, 3.8) is 0 Å². The number of hydrogen-bond donors (Lipinski definition) is 2. The third-order valence-corrected chi connectivity index (χ3v) is 6.46. The third kappa shape index (κ3) is 3.91. The minimum atomic E-state index is -4.41. The standard InChI is InChI=1S/C22H24F3N9/c1-32-6-8-33(9-7-32)21-30-19-15(13-2-3-13)11-27-34(19)20(31-21)26-12-18-28-16-5-4-14(22(23,24)25)10-17(16)29-18/h4-5,10-11,13H,2-3,6-9,12H2,1H3,(H,28,29)(H,26,30,31). The number of benzene rings is 1. The van der Waals surface area contributed by atoms with E-state index in [4.69, 9.17) is 9.97 Å². The van der Waals surface area contributed by atoms with Crippen LogP contribution < -0.4 is 10.2 Å². The molecular weight excluding hydrogens is 447 g/mol. The van der Waals surface area contributed by atoms with Crippen molar-refractivity contribution in [1.29, 1.82) is 0 Å². The lowest BCUT2D eigenvalue weighted by atomic mass is 10.2. The summed E-state index contributed by atoms with van der Waals surface area (Å²) in [5, 5.41) is 7.79. The van der Waals surface area contributed by atoms with Gasteiger partial charge in [0.15, 0.2) is 5.65 Å². The molecule has 1 saturated heterocycles. The minimum Gasteiger partial charge on any atom is -0.347 e. The molecule has 0 radical (unpaired) electrons. The Morgan fingerprint density at radius 3 is 2.62 bits per heavy atom. The van der Waals surface area contributed by atoms with Crippen molar-refractivity contribution in [2.45, 2.75) is 31.5 Å². The normalized spacial score (nSPS) is 17.7. The van der Waals surface area contributed by atoms with Crippen molar-refractivity contribution in [3.8, 4) is 0 Å². The van der Waals surface area contributed by atoms with Gasteiger partial charge in [0.2, 0.25) is 11.9 Å². The quantitative estimate of drug-likeness (QED) is 0.462. The Kier molecular flexibility index (Phi) is 4.87. The molecule has 2 N–H and O–H groups in total. The number of halogens is 3. The number of hydrogen-bond acceptors (Lipinski definition) is 7. The van der Waals surface area contributed by atoms with Crippen LogP contribution in [0.15, 0.2) is 24.4 Å². The van der Waals surface area contributed by atoms with Crippen LogP contribution in [0.1, 0.15) is 35.7 Å². The van der Waals surface area contributed by atoms with Crippen molar-refractivity contribution in [2.75, 3.05) is 43.4 Å². The fourth-order valence-electron chi connectivity index (χ4n) is 4.31. The van der Waals surface area contributed by atoms with E-state index in [1.54, 1.807) is 4.52 Å². The predicted octanol–water partition coefficient (Wildman–Crippen LogP) is 3.26. The number of piperazine rings is 1. The number of anilines is 2. The molecule has 0 atom stereocenters. The molecule has 6 rings (SSSR count). The summed E-state index contributed by atoms with van der Waals surface area (Å²) in [4.78, 5) is 21.5. The van der Waals surface area contributed by atoms with E-state index in [0.717, 1.165) is 62.4 Å². The average molecular weight is 471 g/mol. The number of aromatic amines is 1. The van der Waals surface area contributed by atoms with Crippen molar-refractivity contribution >= 4 is 28.6 Å². The maximum atomic E-state index is 13.0. The van der Waals surface area contributed by atoms with E-state index in [-0.39, 0.29) is 12.1 Å². The Hall–Kier alpha value is -3.41. The molecule has 34 heavy (non-hydrogen) atoms. The third-order valence-electron chi connectivity index (χ3n) is 6.46. The average Bonchev–Trinajstić information content (AvgIpc) is 3.42. The summed E-state index contributed by atoms with van der Waals surface area (Å²) in [5.41, 5.74) is 2.03. The topological polar surface area (TPSA) is 90.3 Å². The van der Waals surface area contributed by atoms with E-state index < -0.39 is 11.7 Å². The molecule has 12 heteroatoms. The zero-order valence-electron chi connectivity index (χ0n) is 18.6. The van der Waals surface area contributed by atoms with Gasteiger partial charge < -0.3 is 20.1 Å². The number of H-pyrrole nitrogens is 1. The Balaban J connectivity index is 1.31. The Bertz CT molecular complexity index is 1350. The highest BCUT2D eigenvalue weighted by Crippen LogP contribution is 2.42. The zero-order chi connectivity index (χ0) is 23.4. The van der Waals surface area contributed by atoms with Crippen molar-refractivity contribution < 1.29 is 13.2 Å². The van der Waals surface area contributed by atoms with E-state index in [0.29, 0.717) is 29.2 Å². The second-order valence-corrected chi connectivity index (χ2v) is 9.01. The molecule has 2 fully saturated rings. The van der Waals surface area contributed by atoms with Crippen molar-refractivity contribution in [3.05, 3.63) is 41.3 Å². The summed E-state index contributed by atoms with van der Waals surface area (Å²) in [6, 6.07) is 3.51. The van der Waals surface area contributed by atoms with Gasteiger partial charge in [-0.25, -0.2) is 4.98 Å². The van der Waals surface area contributed by atoms with Crippen LogP contribution in [-0.2, 0) is 12.7 Å². The van der Waals surface area contributed by atoms with Gasteiger partial charge in [-0.15, -0.1) is 0 Å². The van der Waals surface area contributed by atoms with Gasteiger partial charge in [-0.05, 0) is 44.0 Å². The number of fused-ring (bicyclic) bond motifs is 2. The van der Waals surface area contributed by atoms with E-state index >= 15 is 0 Å². The monoisotopic (exact) mass is 471 g/mol. The van der Waals surface area contributed by atoms with Crippen LogP contribution in [0.2, 0.25) is 0 Å². The van der Waals surface area contributed by atoms with Crippen LogP contribution in [0.4, 0.5) is 25.1 Å². The smallest absolute Gasteiger partial charge is 0.347 e. The summed E-state index contributed by atoms with van der Waals surface area (Å²) in [6.45, 7) is 3.80. The highest BCUT2D eigenvalue weighted by atomic mass is 19.4. The summed E-state index contributed by atoms with van der Waals surface area (Å²) in [5.74, 6) is 2.18. The Labute approximate surface area is 193 Å². The van der Waals surface area contributed by atoms with Crippen LogP contribution in [-0.4, -0.2) is 67.7 Å². The molecule has 1 aliphatic carbocycles. The van der Waals surface area contributed by atoms with Gasteiger partial charge in [0, 0.05) is 31.7 Å². The van der Waals surface area contributed by atoms with Crippen LogP contribution in [0.25, 0.3) is 16.7 Å². The van der Waals surface area contributed by atoms with Crippen LogP contribution >= 0.6 is 0 Å². The molecule has 178 valence electrons. The maximum absolute atomic E-state index is 13.0. The molecular formula is C22H24F3N9. The minimum absolute atomic E-state index is 0.253. The highest BCUT2D eigenvalue weighted by molar-refractivity contribution is 5.76. The first-order chi connectivity index (χ1) is 16.3. The lowest BCUT2D eigenvalue weighted by Crippen LogP contribution is -2.45. The SMILES string of the molecule is CN1CCN(c2nc(NCc3nc4cc(C(F)(F)F)ccc4[nH]3)n3ncc(C4CC4)c3n2)CC1. The molecule has 4 heterocycles. The summed E-state index contributed by atoms with van der Waals surface area (Å²) in [6.07, 6.45) is -0.272. The zero-order valence-corrected chi connectivity index (χ0v) is 18.6. The van der Waals surface area contributed by atoms with Crippen LogP contribution in [0.3, 0.4) is 0 Å². The first kappa shape index (κ1) is 21.1. The number of alkyl halides is 3. The molecule has 4 aromatic rings. The molecule has 0 spiro atoms. The summed E-state index contributed by atoms with van der Waals surface area (Å²) in [7, 11) is 2.10. The predicted molar refractivity (Wildman–Crippen MR) is 121 cm³/mol. The molecule has 1 aliphatic heterocycles. The number of rotatable bonds is 5. The molecule has 2 aliphatic rings. The molecule has 0 amide bonds. The van der Waals surface area contributed by atoms with Crippen molar-refractivity contribution in [2.24, 2.45) is 0 Å². The Morgan fingerprint density at radius 1 is 1.09 bits per heavy atom. The fraction of sp³-hybridized carbons (Fsp3) is 0.455. The molecule has 9 nitrogen and oxygen atoms in total. The molecule has 0 bridgehead atoms. The van der Waals surface area contributed by atoms with Gasteiger partial charge in [-0.3, -0.25) is 0 Å². The maximum Gasteiger partial charge on any atom is 0.416 e. The van der Waals surface area contributed by atoms with Gasteiger partial charge >= 0.3 is 6.18 Å².